The molecule has 0 atom stereocenters. The van der Waals surface area contributed by atoms with Gasteiger partial charge in [0.05, 0.1) is 11.4 Å². The molecule has 4 aromatic rings. The summed E-state index contributed by atoms with van der Waals surface area (Å²) in [7, 11) is 0. The number of hydrogen-bond acceptors (Lipinski definition) is 6. The maximum atomic E-state index is 12.3. The van der Waals surface area contributed by atoms with Crippen molar-refractivity contribution in [2.24, 2.45) is 0 Å². The molecule has 0 spiro atoms. The number of nitrogens with one attached hydrogen (secondary N) is 2. The Bertz CT molecular complexity index is 1200. The number of thioether (sulfide) groups is 1. The van der Waals surface area contributed by atoms with E-state index in [2.05, 4.69) is 15.6 Å². The van der Waals surface area contributed by atoms with Crippen molar-refractivity contribution < 1.29 is 14.3 Å². The third-order valence-electron chi connectivity index (χ3n) is 4.44. The Morgan fingerprint density at radius 1 is 0.848 bits per heavy atom. The van der Waals surface area contributed by atoms with E-state index in [0.29, 0.717) is 16.6 Å². The van der Waals surface area contributed by atoms with E-state index in [4.69, 9.17) is 4.74 Å². The number of hydrogen-bond donors (Lipinski definition) is 2. The predicted molar refractivity (Wildman–Crippen MR) is 134 cm³/mol. The molecule has 2 amide bonds. The molecular formula is C25H21N3O3S2. The molecule has 1 aromatic heterocycles. The van der Waals surface area contributed by atoms with E-state index in [0.717, 1.165) is 16.2 Å². The van der Waals surface area contributed by atoms with Gasteiger partial charge in [-0.15, -0.1) is 23.1 Å². The average Bonchev–Trinajstić information content (AvgIpc) is 3.32. The van der Waals surface area contributed by atoms with E-state index >= 15 is 0 Å². The molecule has 0 aliphatic rings. The topological polar surface area (TPSA) is 80.3 Å². The Morgan fingerprint density at radius 3 is 2.27 bits per heavy atom. The molecule has 166 valence electrons. The smallest absolute Gasteiger partial charge is 0.262 e. The van der Waals surface area contributed by atoms with Crippen LogP contribution in [0.15, 0.2) is 95.2 Å². The molecule has 0 aliphatic carbocycles. The highest BCUT2D eigenvalue weighted by Gasteiger charge is 2.09. The van der Waals surface area contributed by atoms with Crippen LogP contribution in [0.25, 0.3) is 11.3 Å². The normalized spacial score (nSPS) is 10.4. The summed E-state index contributed by atoms with van der Waals surface area (Å²) in [5.41, 5.74) is 2.53. The van der Waals surface area contributed by atoms with Gasteiger partial charge in [-0.05, 0) is 36.4 Å². The molecule has 33 heavy (non-hydrogen) atoms. The van der Waals surface area contributed by atoms with E-state index < -0.39 is 0 Å². The maximum absolute atomic E-state index is 12.3. The summed E-state index contributed by atoms with van der Waals surface area (Å²) in [6, 6.07) is 26.3. The Morgan fingerprint density at radius 2 is 1.55 bits per heavy atom. The minimum atomic E-state index is -0.239. The van der Waals surface area contributed by atoms with Gasteiger partial charge in [-0.3, -0.25) is 9.59 Å². The molecule has 0 unspecified atom stereocenters. The quantitative estimate of drug-likeness (QED) is 0.310. The minimum absolute atomic E-state index is 0.0660. The van der Waals surface area contributed by atoms with Gasteiger partial charge in [0.1, 0.15) is 5.75 Å². The van der Waals surface area contributed by atoms with Crippen LogP contribution in [0.5, 0.6) is 5.75 Å². The van der Waals surface area contributed by atoms with E-state index in [-0.39, 0.29) is 24.2 Å². The maximum Gasteiger partial charge on any atom is 0.262 e. The summed E-state index contributed by atoms with van der Waals surface area (Å²) in [4.78, 5) is 29.7. The predicted octanol–water partition coefficient (Wildman–Crippen LogP) is 5.56. The molecule has 0 bridgehead atoms. The number of amides is 2. The number of nitrogens with zero attached hydrogens (tertiary/aromatic N) is 1. The van der Waals surface area contributed by atoms with Gasteiger partial charge in [-0.25, -0.2) is 4.98 Å². The molecule has 1 heterocycles. The summed E-state index contributed by atoms with van der Waals surface area (Å²) >= 11 is 2.82. The monoisotopic (exact) mass is 475 g/mol. The van der Waals surface area contributed by atoms with E-state index in [1.807, 2.05) is 66.0 Å². The van der Waals surface area contributed by atoms with Crippen molar-refractivity contribution in [3.63, 3.8) is 0 Å². The van der Waals surface area contributed by atoms with Crippen LogP contribution < -0.4 is 15.4 Å². The summed E-state index contributed by atoms with van der Waals surface area (Å²) in [6.07, 6.45) is 0. The number of thiazole rings is 1. The van der Waals surface area contributed by atoms with Gasteiger partial charge in [-0.2, -0.15) is 0 Å². The number of ether oxygens (including phenoxy) is 1. The van der Waals surface area contributed by atoms with Gasteiger partial charge in [0.15, 0.2) is 11.7 Å². The lowest BCUT2D eigenvalue weighted by atomic mass is 10.2. The highest BCUT2D eigenvalue weighted by Crippen LogP contribution is 2.25. The summed E-state index contributed by atoms with van der Waals surface area (Å²) in [6.45, 7) is -0.0660. The molecule has 3 aromatic carbocycles. The highest BCUT2D eigenvalue weighted by molar-refractivity contribution is 8.00. The van der Waals surface area contributed by atoms with Gasteiger partial charge < -0.3 is 15.4 Å². The van der Waals surface area contributed by atoms with Gasteiger partial charge in [0.2, 0.25) is 5.91 Å². The number of para-hydroxylation sites is 1. The van der Waals surface area contributed by atoms with Crippen LogP contribution in [0.2, 0.25) is 0 Å². The van der Waals surface area contributed by atoms with Crippen molar-refractivity contribution in [1.29, 1.82) is 0 Å². The molecule has 0 radical (unpaired) electrons. The lowest BCUT2D eigenvalue weighted by molar-refractivity contribution is -0.118. The number of rotatable bonds is 9. The van der Waals surface area contributed by atoms with Crippen molar-refractivity contribution in [2.45, 2.75) is 4.90 Å². The largest absolute Gasteiger partial charge is 0.484 e. The number of anilines is 2. The fraction of sp³-hybridized carbons (Fsp3) is 0.0800. The second-order valence-electron chi connectivity index (χ2n) is 6.92. The lowest BCUT2D eigenvalue weighted by Gasteiger charge is -2.08. The zero-order chi connectivity index (χ0) is 22.9. The van der Waals surface area contributed by atoms with Crippen molar-refractivity contribution in [3.05, 3.63) is 90.3 Å². The number of carbonyl (C=O) groups is 2. The molecule has 0 saturated heterocycles. The standard InChI is InChI=1S/C25H21N3O3S2/c29-23(15-31-20-9-5-2-6-10-20)26-19-11-13-21(14-12-19)32-17-24(30)28-25-27-22(16-33-25)18-7-3-1-4-8-18/h1-14,16H,15,17H2,(H,26,29)(H,27,28,30). The van der Waals surface area contributed by atoms with Crippen LogP contribution in [0.3, 0.4) is 0 Å². The summed E-state index contributed by atoms with van der Waals surface area (Å²) in [5.74, 6) is 0.546. The first-order valence-electron chi connectivity index (χ1n) is 10.2. The minimum Gasteiger partial charge on any atom is -0.484 e. The first-order chi connectivity index (χ1) is 16.2. The van der Waals surface area contributed by atoms with Crippen LogP contribution in [0.4, 0.5) is 10.8 Å². The van der Waals surface area contributed by atoms with Gasteiger partial charge in [0, 0.05) is 21.5 Å². The Balaban J connectivity index is 1.21. The summed E-state index contributed by atoms with van der Waals surface area (Å²) in [5, 5.41) is 8.14. The van der Waals surface area contributed by atoms with Crippen molar-refractivity contribution in [1.82, 2.24) is 4.98 Å². The molecule has 2 N–H and O–H groups in total. The molecule has 0 fully saturated rings. The Kier molecular flexibility index (Phi) is 7.73. The van der Waals surface area contributed by atoms with Gasteiger partial charge in [-0.1, -0.05) is 48.5 Å². The fourth-order valence-electron chi connectivity index (χ4n) is 2.87. The third-order valence-corrected chi connectivity index (χ3v) is 6.21. The van der Waals surface area contributed by atoms with Gasteiger partial charge in [0.25, 0.3) is 5.91 Å². The number of carbonyl (C=O) groups excluding carboxylic acids is 2. The molecule has 0 aliphatic heterocycles. The molecule has 8 heteroatoms. The highest BCUT2D eigenvalue weighted by atomic mass is 32.2. The SMILES string of the molecule is O=C(COc1ccccc1)Nc1ccc(SCC(=O)Nc2nc(-c3ccccc3)cs2)cc1. The molecular weight excluding hydrogens is 454 g/mol. The first kappa shape index (κ1) is 22.6. The van der Waals surface area contributed by atoms with Crippen LogP contribution in [-0.2, 0) is 9.59 Å². The van der Waals surface area contributed by atoms with E-state index in [1.165, 1.54) is 23.1 Å². The Labute approximate surface area is 200 Å². The lowest BCUT2D eigenvalue weighted by Crippen LogP contribution is -2.20. The van der Waals surface area contributed by atoms with Crippen LogP contribution in [-0.4, -0.2) is 29.2 Å². The zero-order valence-electron chi connectivity index (χ0n) is 17.6. The van der Waals surface area contributed by atoms with E-state index in [9.17, 15) is 9.59 Å². The Hall–Kier alpha value is -3.62. The fourth-order valence-corrected chi connectivity index (χ4v) is 4.31. The van der Waals surface area contributed by atoms with E-state index in [1.54, 1.807) is 24.3 Å². The molecule has 0 saturated carbocycles. The van der Waals surface area contributed by atoms with Crippen molar-refractivity contribution >= 4 is 45.7 Å². The van der Waals surface area contributed by atoms with Crippen LogP contribution in [0, 0.1) is 0 Å². The van der Waals surface area contributed by atoms with Gasteiger partial charge >= 0.3 is 0 Å². The molecule has 6 nitrogen and oxygen atoms in total. The second-order valence-corrected chi connectivity index (χ2v) is 8.82. The van der Waals surface area contributed by atoms with Crippen molar-refractivity contribution in [2.75, 3.05) is 23.0 Å². The number of aromatic nitrogens is 1. The number of benzene rings is 3. The summed E-state index contributed by atoms with van der Waals surface area (Å²) < 4.78 is 5.44. The third kappa shape index (κ3) is 6.93. The first-order valence-corrected chi connectivity index (χ1v) is 12.0. The average molecular weight is 476 g/mol. The zero-order valence-corrected chi connectivity index (χ0v) is 19.2. The second kappa shape index (κ2) is 11.3. The van der Waals surface area contributed by atoms with Crippen LogP contribution >= 0.6 is 23.1 Å². The van der Waals surface area contributed by atoms with Crippen molar-refractivity contribution in [3.8, 4) is 17.0 Å². The van der Waals surface area contributed by atoms with Crippen LogP contribution in [0.1, 0.15) is 0 Å². The molecule has 4 rings (SSSR count).